The van der Waals surface area contributed by atoms with Gasteiger partial charge in [0.25, 0.3) is 0 Å². The minimum absolute atomic E-state index is 0.00723. The number of rotatable bonds is 25. The molecule has 0 bridgehead atoms. The van der Waals surface area contributed by atoms with Gasteiger partial charge < -0.3 is 38.6 Å². The molecule has 0 aromatic rings. The van der Waals surface area contributed by atoms with E-state index in [0.29, 0.717) is 0 Å². The first-order valence-corrected chi connectivity index (χ1v) is 13.3. The zero-order valence-corrected chi connectivity index (χ0v) is 23.4. The average molecular weight is 579 g/mol. The molecule has 0 radical (unpaired) electrons. The molecule has 14 nitrogen and oxygen atoms in total. The SMILES string of the molecule is CCC(=O)C(=O)OCCCOCC(OCCCOC(=O)C(=O)CC)C(O)C(CO)OCCCOC(=O)C(=O)CC. The Labute approximate surface area is 233 Å². The second kappa shape index (κ2) is 23.0. The van der Waals surface area contributed by atoms with Gasteiger partial charge >= 0.3 is 17.9 Å². The molecule has 0 saturated heterocycles. The minimum atomic E-state index is -1.36. The highest BCUT2D eigenvalue weighted by molar-refractivity contribution is 6.34. The Morgan fingerprint density at radius 1 is 0.575 bits per heavy atom. The largest absolute Gasteiger partial charge is 0.460 e. The van der Waals surface area contributed by atoms with Crippen molar-refractivity contribution in [3.63, 3.8) is 0 Å². The second-order valence-electron chi connectivity index (χ2n) is 8.37. The van der Waals surface area contributed by atoms with Gasteiger partial charge in [-0.05, 0) is 0 Å². The van der Waals surface area contributed by atoms with E-state index < -0.39 is 60.2 Å². The van der Waals surface area contributed by atoms with Gasteiger partial charge in [0.1, 0.15) is 18.3 Å². The fourth-order valence-electron chi connectivity index (χ4n) is 2.86. The summed E-state index contributed by atoms with van der Waals surface area (Å²) in [5, 5.41) is 20.5. The first-order valence-electron chi connectivity index (χ1n) is 13.3. The Morgan fingerprint density at radius 2 is 0.950 bits per heavy atom. The van der Waals surface area contributed by atoms with Crippen LogP contribution in [0.25, 0.3) is 0 Å². The summed E-state index contributed by atoms with van der Waals surface area (Å²) >= 11 is 0. The number of ketones is 3. The van der Waals surface area contributed by atoms with Gasteiger partial charge in [0.2, 0.25) is 17.3 Å². The summed E-state index contributed by atoms with van der Waals surface area (Å²) in [6.07, 6.45) is -2.67. The molecule has 0 aliphatic rings. The van der Waals surface area contributed by atoms with Crippen LogP contribution in [0.1, 0.15) is 59.3 Å². The van der Waals surface area contributed by atoms with Gasteiger partial charge in [-0.1, -0.05) is 20.8 Å². The van der Waals surface area contributed by atoms with Crippen LogP contribution in [-0.2, 0) is 57.2 Å². The van der Waals surface area contributed by atoms with Crippen molar-refractivity contribution in [3.8, 4) is 0 Å². The summed E-state index contributed by atoms with van der Waals surface area (Å²) in [6.45, 7) is 3.77. The predicted molar refractivity (Wildman–Crippen MR) is 136 cm³/mol. The highest BCUT2D eigenvalue weighted by atomic mass is 16.6. The van der Waals surface area contributed by atoms with Crippen molar-refractivity contribution in [2.24, 2.45) is 0 Å². The third-order valence-corrected chi connectivity index (χ3v) is 5.24. The van der Waals surface area contributed by atoms with Crippen LogP contribution in [0, 0.1) is 0 Å². The van der Waals surface area contributed by atoms with Crippen molar-refractivity contribution in [1.82, 2.24) is 0 Å². The molecule has 0 heterocycles. The van der Waals surface area contributed by atoms with Crippen LogP contribution < -0.4 is 0 Å². The van der Waals surface area contributed by atoms with Gasteiger partial charge in [-0.25, -0.2) is 14.4 Å². The van der Waals surface area contributed by atoms with Gasteiger partial charge in [-0.15, -0.1) is 0 Å². The van der Waals surface area contributed by atoms with E-state index in [4.69, 9.17) is 28.4 Å². The maximum absolute atomic E-state index is 11.5. The van der Waals surface area contributed by atoms with E-state index in [2.05, 4.69) is 0 Å². The van der Waals surface area contributed by atoms with Crippen LogP contribution in [0.4, 0.5) is 0 Å². The molecule has 0 saturated carbocycles. The average Bonchev–Trinajstić information content (AvgIpc) is 2.97. The topological polar surface area (TPSA) is 198 Å². The van der Waals surface area contributed by atoms with Crippen molar-refractivity contribution >= 4 is 35.3 Å². The Bertz CT molecular complexity index is 796. The summed E-state index contributed by atoms with van der Waals surface area (Å²) in [6, 6.07) is 0. The Kier molecular flexibility index (Phi) is 21.4. The predicted octanol–water partition coefficient (Wildman–Crippen LogP) is -0.136. The molecule has 0 fully saturated rings. The highest BCUT2D eigenvalue weighted by Gasteiger charge is 2.29. The zero-order valence-electron chi connectivity index (χ0n) is 23.4. The fraction of sp³-hybridized carbons (Fsp3) is 0.769. The van der Waals surface area contributed by atoms with Gasteiger partial charge in [-0.3, -0.25) is 14.4 Å². The Hall–Kier alpha value is -2.78. The van der Waals surface area contributed by atoms with Crippen molar-refractivity contribution in [1.29, 1.82) is 0 Å². The van der Waals surface area contributed by atoms with Gasteiger partial charge in [0, 0.05) is 45.1 Å². The fourth-order valence-corrected chi connectivity index (χ4v) is 2.86. The molecule has 230 valence electrons. The zero-order chi connectivity index (χ0) is 30.3. The summed E-state index contributed by atoms with van der Waals surface area (Å²) < 4.78 is 31.1. The van der Waals surface area contributed by atoms with Crippen LogP contribution in [-0.4, -0.2) is 117 Å². The van der Waals surface area contributed by atoms with E-state index >= 15 is 0 Å². The van der Waals surface area contributed by atoms with Crippen LogP contribution in [0.2, 0.25) is 0 Å². The number of hydrogen-bond donors (Lipinski definition) is 2. The van der Waals surface area contributed by atoms with Crippen LogP contribution >= 0.6 is 0 Å². The molecule has 0 spiro atoms. The number of Topliss-reactive ketones (excluding diaryl/α,β-unsaturated/α-hetero) is 3. The number of aliphatic hydroxyl groups is 2. The number of ether oxygens (including phenoxy) is 6. The first kappa shape index (κ1) is 37.2. The van der Waals surface area contributed by atoms with Crippen LogP contribution in [0.5, 0.6) is 0 Å². The van der Waals surface area contributed by atoms with E-state index in [1.54, 1.807) is 6.92 Å². The van der Waals surface area contributed by atoms with E-state index in [-0.39, 0.29) is 84.8 Å². The lowest BCUT2D eigenvalue weighted by Gasteiger charge is -2.29. The smallest absolute Gasteiger partial charge is 0.374 e. The number of aliphatic hydroxyl groups excluding tert-OH is 2. The van der Waals surface area contributed by atoms with E-state index in [9.17, 15) is 39.0 Å². The number of carbonyl (C=O) groups excluding carboxylic acids is 6. The molecule has 0 aliphatic heterocycles. The third kappa shape index (κ3) is 16.4. The Morgan fingerprint density at radius 3 is 1.32 bits per heavy atom. The summed E-state index contributed by atoms with van der Waals surface area (Å²) in [4.78, 5) is 68.0. The molecular weight excluding hydrogens is 536 g/mol. The lowest BCUT2D eigenvalue weighted by molar-refractivity contribution is -0.157. The summed E-state index contributed by atoms with van der Waals surface area (Å²) in [5.74, 6) is -4.74. The van der Waals surface area contributed by atoms with Gasteiger partial charge in [0.15, 0.2) is 0 Å². The van der Waals surface area contributed by atoms with Gasteiger partial charge in [-0.2, -0.15) is 0 Å². The maximum Gasteiger partial charge on any atom is 0.374 e. The monoisotopic (exact) mass is 578 g/mol. The summed E-state index contributed by atoms with van der Waals surface area (Å²) in [5.41, 5.74) is 0. The molecule has 14 heteroatoms. The second-order valence-corrected chi connectivity index (χ2v) is 8.37. The van der Waals surface area contributed by atoms with Crippen molar-refractivity contribution in [3.05, 3.63) is 0 Å². The first-order chi connectivity index (χ1) is 19.1. The maximum atomic E-state index is 11.5. The van der Waals surface area contributed by atoms with Crippen molar-refractivity contribution in [2.75, 3.05) is 52.9 Å². The number of esters is 3. The van der Waals surface area contributed by atoms with E-state index in [0.717, 1.165) is 0 Å². The van der Waals surface area contributed by atoms with E-state index in [1.807, 2.05) is 0 Å². The Balaban J connectivity index is 4.76. The molecular formula is C26H42O14. The molecule has 0 aromatic carbocycles. The molecule has 0 rings (SSSR count). The molecule has 0 aliphatic carbocycles. The van der Waals surface area contributed by atoms with Crippen molar-refractivity contribution in [2.45, 2.75) is 77.6 Å². The lowest BCUT2D eigenvalue weighted by Crippen LogP contribution is -2.45. The molecule has 3 unspecified atom stereocenters. The normalized spacial score (nSPS) is 13.1. The number of carbonyl (C=O) groups is 6. The lowest BCUT2D eigenvalue weighted by atomic mass is 10.1. The van der Waals surface area contributed by atoms with E-state index in [1.165, 1.54) is 13.8 Å². The molecule has 40 heavy (non-hydrogen) atoms. The van der Waals surface area contributed by atoms with Crippen LogP contribution in [0.3, 0.4) is 0 Å². The standard InChI is InChI=1S/C26H42O14/c1-4-18(28)24(32)38-13-7-10-35-17-22(37-12-9-15-40-26(34)20(30)6-3)23(31)21(16-27)36-11-8-14-39-25(33)19(29)5-2/h21-23,27,31H,4-17H2,1-3H3. The quantitative estimate of drug-likeness (QED) is 0.0628. The molecule has 0 amide bonds. The minimum Gasteiger partial charge on any atom is -0.460 e. The molecule has 0 aromatic heterocycles. The number of hydrogen-bond acceptors (Lipinski definition) is 14. The highest BCUT2D eigenvalue weighted by Crippen LogP contribution is 2.11. The molecule has 2 N–H and O–H groups in total. The summed E-state index contributed by atoms with van der Waals surface area (Å²) in [7, 11) is 0. The molecule has 3 atom stereocenters. The van der Waals surface area contributed by atoms with Crippen molar-refractivity contribution < 1.29 is 67.4 Å². The van der Waals surface area contributed by atoms with Gasteiger partial charge in [0.05, 0.1) is 46.2 Å². The van der Waals surface area contributed by atoms with Crippen LogP contribution in [0.15, 0.2) is 0 Å². The third-order valence-electron chi connectivity index (χ3n) is 5.24.